The summed E-state index contributed by atoms with van der Waals surface area (Å²) < 4.78 is 4.91. The first-order valence-electron chi connectivity index (χ1n) is 3.86. The molecule has 64 valence electrons. The van der Waals surface area contributed by atoms with E-state index >= 15 is 0 Å². The molecule has 0 aromatic rings. The first kappa shape index (κ1) is 8.49. The van der Waals surface area contributed by atoms with Crippen LogP contribution in [0.5, 0.6) is 0 Å². The number of nitrogens with two attached hydrogens (primary N) is 1. The molecule has 4 nitrogen and oxygen atoms in total. The lowest BCUT2D eigenvalue weighted by molar-refractivity contribution is -0.125. The monoisotopic (exact) mass is 158 g/mol. The van der Waals surface area contributed by atoms with Gasteiger partial charge in [-0.1, -0.05) is 0 Å². The van der Waals surface area contributed by atoms with E-state index < -0.39 is 0 Å². The molecular weight excluding hydrogens is 144 g/mol. The van der Waals surface area contributed by atoms with Gasteiger partial charge >= 0.3 is 0 Å². The quantitative estimate of drug-likeness (QED) is 0.565. The van der Waals surface area contributed by atoms with E-state index in [0.29, 0.717) is 6.61 Å². The van der Waals surface area contributed by atoms with E-state index in [4.69, 9.17) is 10.5 Å². The maximum atomic E-state index is 10.9. The summed E-state index contributed by atoms with van der Waals surface area (Å²) in [5.41, 5.74) is 5.49. The molecule has 0 saturated heterocycles. The van der Waals surface area contributed by atoms with Gasteiger partial charge in [0.25, 0.3) is 0 Å². The van der Waals surface area contributed by atoms with Gasteiger partial charge in [0.1, 0.15) is 6.61 Å². The number of hydrogen-bond donors (Lipinski definition) is 2. The van der Waals surface area contributed by atoms with Gasteiger partial charge in [-0.3, -0.25) is 4.79 Å². The highest BCUT2D eigenvalue weighted by Gasteiger charge is 2.34. The fourth-order valence-corrected chi connectivity index (χ4v) is 0.824. The van der Waals surface area contributed by atoms with Crippen LogP contribution in [0.4, 0.5) is 0 Å². The molecule has 3 N–H and O–H groups in total. The first-order valence-corrected chi connectivity index (χ1v) is 3.86. The van der Waals surface area contributed by atoms with Gasteiger partial charge in [0.05, 0.1) is 0 Å². The minimum Gasteiger partial charge on any atom is -0.372 e. The number of amides is 1. The highest BCUT2D eigenvalue weighted by atomic mass is 16.5. The predicted octanol–water partition coefficient (Wildman–Crippen LogP) is -0.761. The summed E-state index contributed by atoms with van der Waals surface area (Å²) >= 11 is 0. The Balaban J connectivity index is 2.02. The van der Waals surface area contributed by atoms with Gasteiger partial charge in [-0.15, -0.1) is 0 Å². The fourth-order valence-electron chi connectivity index (χ4n) is 0.824. The second-order valence-electron chi connectivity index (χ2n) is 2.71. The molecule has 0 aliphatic heterocycles. The zero-order chi connectivity index (χ0) is 8.27. The van der Waals surface area contributed by atoms with Crippen LogP contribution >= 0.6 is 0 Å². The van der Waals surface area contributed by atoms with E-state index in [-0.39, 0.29) is 24.6 Å². The van der Waals surface area contributed by atoms with Crippen LogP contribution in [-0.4, -0.2) is 31.2 Å². The van der Waals surface area contributed by atoms with Crippen molar-refractivity contribution in [2.24, 2.45) is 5.73 Å². The summed E-state index contributed by atoms with van der Waals surface area (Å²) in [4.78, 5) is 10.9. The Morgan fingerprint density at radius 1 is 1.82 bits per heavy atom. The van der Waals surface area contributed by atoms with Crippen LogP contribution < -0.4 is 11.1 Å². The molecule has 1 aliphatic carbocycles. The third kappa shape index (κ3) is 2.86. The van der Waals surface area contributed by atoms with Crippen LogP contribution in [0.2, 0.25) is 0 Å². The Bertz CT molecular complexity index is 149. The molecule has 0 aromatic carbocycles. The van der Waals surface area contributed by atoms with Crippen molar-refractivity contribution in [3.05, 3.63) is 0 Å². The minimum atomic E-state index is -0.0650. The normalized spacial score (nSPS) is 28.2. The molecule has 1 aliphatic rings. The summed E-state index contributed by atoms with van der Waals surface area (Å²) in [5.74, 6) is -0.0650. The van der Waals surface area contributed by atoms with Gasteiger partial charge in [-0.2, -0.15) is 0 Å². The minimum absolute atomic E-state index is 0.0650. The summed E-state index contributed by atoms with van der Waals surface area (Å²) in [6.07, 6.45) is 0.901. The van der Waals surface area contributed by atoms with Gasteiger partial charge in [0.15, 0.2) is 0 Å². The van der Waals surface area contributed by atoms with Crippen molar-refractivity contribution in [3.63, 3.8) is 0 Å². The zero-order valence-corrected chi connectivity index (χ0v) is 6.67. The molecule has 1 amide bonds. The SMILES string of the molecule is CCOCC(=O)NC1CC1N. The summed E-state index contributed by atoms with van der Waals surface area (Å²) in [5, 5.41) is 2.75. The number of carbonyl (C=O) groups excluding carboxylic acids is 1. The summed E-state index contributed by atoms with van der Waals surface area (Å²) in [7, 11) is 0. The molecule has 0 aromatic heterocycles. The van der Waals surface area contributed by atoms with Crippen molar-refractivity contribution < 1.29 is 9.53 Å². The van der Waals surface area contributed by atoms with Gasteiger partial charge in [-0.25, -0.2) is 0 Å². The Morgan fingerprint density at radius 2 is 2.45 bits per heavy atom. The van der Waals surface area contributed by atoms with E-state index in [9.17, 15) is 4.79 Å². The van der Waals surface area contributed by atoms with Crippen LogP contribution in [0.25, 0.3) is 0 Å². The van der Waals surface area contributed by atoms with Gasteiger partial charge in [-0.05, 0) is 13.3 Å². The average molecular weight is 158 g/mol. The highest BCUT2D eigenvalue weighted by molar-refractivity contribution is 5.78. The highest BCUT2D eigenvalue weighted by Crippen LogP contribution is 2.17. The van der Waals surface area contributed by atoms with Crippen LogP contribution in [0.1, 0.15) is 13.3 Å². The van der Waals surface area contributed by atoms with E-state index in [1.165, 1.54) is 0 Å². The molecule has 0 bridgehead atoms. The molecule has 2 unspecified atom stereocenters. The second-order valence-corrected chi connectivity index (χ2v) is 2.71. The lowest BCUT2D eigenvalue weighted by Crippen LogP contribution is -2.32. The lowest BCUT2D eigenvalue weighted by atomic mass is 10.5. The Kier molecular flexibility index (Phi) is 2.84. The van der Waals surface area contributed by atoms with Crippen molar-refractivity contribution in [1.82, 2.24) is 5.32 Å². The molecule has 11 heavy (non-hydrogen) atoms. The molecule has 1 rings (SSSR count). The Hall–Kier alpha value is -0.610. The largest absolute Gasteiger partial charge is 0.372 e. The summed E-state index contributed by atoms with van der Waals surface area (Å²) in [6.45, 7) is 2.58. The topological polar surface area (TPSA) is 64.3 Å². The Labute approximate surface area is 66.1 Å². The van der Waals surface area contributed by atoms with E-state index in [2.05, 4.69) is 5.32 Å². The first-order chi connectivity index (χ1) is 5.24. The fraction of sp³-hybridized carbons (Fsp3) is 0.857. The molecular formula is C7H14N2O2. The molecule has 1 fully saturated rings. The summed E-state index contributed by atoms with van der Waals surface area (Å²) in [6, 6.07) is 0.364. The van der Waals surface area contributed by atoms with Crippen LogP contribution in [0, 0.1) is 0 Å². The van der Waals surface area contributed by atoms with Gasteiger partial charge in [0.2, 0.25) is 5.91 Å². The average Bonchev–Trinajstić information content (AvgIpc) is 2.62. The van der Waals surface area contributed by atoms with Crippen LogP contribution in [0.15, 0.2) is 0 Å². The lowest BCUT2D eigenvalue weighted by Gasteiger charge is -2.02. The number of nitrogens with one attached hydrogen (secondary N) is 1. The van der Waals surface area contributed by atoms with Crippen LogP contribution in [0.3, 0.4) is 0 Å². The van der Waals surface area contributed by atoms with E-state index in [1.54, 1.807) is 0 Å². The standard InChI is InChI=1S/C7H14N2O2/c1-2-11-4-7(10)9-6-3-5(6)8/h5-6H,2-4,8H2,1H3,(H,9,10). The number of carbonyl (C=O) groups is 1. The van der Waals surface area contributed by atoms with Crippen molar-refractivity contribution in [2.75, 3.05) is 13.2 Å². The van der Waals surface area contributed by atoms with Crippen LogP contribution in [-0.2, 0) is 9.53 Å². The molecule has 0 heterocycles. The number of ether oxygens (including phenoxy) is 1. The number of hydrogen-bond acceptors (Lipinski definition) is 3. The van der Waals surface area contributed by atoms with Crippen molar-refractivity contribution in [2.45, 2.75) is 25.4 Å². The maximum absolute atomic E-state index is 10.9. The van der Waals surface area contributed by atoms with E-state index in [0.717, 1.165) is 6.42 Å². The smallest absolute Gasteiger partial charge is 0.246 e. The zero-order valence-electron chi connectivity index (χ0n) is 6.67. The van der Waals surface area contributed by atoms with Gasteiger partial charge < -0.3 is 15.8 Å². The predicted molar refractivity (Wildman–Crippen MR) is 41.0 cm³/mol. The van der Waals surface area contributed by atoms with E-state index in [1.807, 2.05) is 6.92 Å². The molecule has 1 saturated carbocycles. The van der Waals surface area contributed by atoms with Crippen molar-refractivity contribution in [3.8, 4) is 0 Å². The molecule has 0 spiro atoms. The third-order valence-corrected chi connectivity index (χ3v) is 1.62. The van der Waals surface area contributed by atoms with Gasteiger partial charge in [0, 0.05) is 18.7 Å². The Morgan fingerprint density at radius 3 is 2.91 bits per heavy atom. The number of rotatable bonds is 4. The van der Waals surface area contributed by atoms with Crippen molar-refractivity contribution in [1.29, 1.82) is 0 Å². The third-order valence-electron chi connectivity index (χ3n) is 1.62. The van der Waals surface area contributed by atoms with Crippen molar-refractivity contribution >= 4 is 5.91 Å². The molecule has 4 heteroatoms. The molecule has 2 atom stereocenters. The second kappa shape index (κ2) is 3.69. The maximum Gasteiger partial charge on any atom is 0.246 e. The molecule has 0 radical (unpaired) electrons.